The third-order valence-corrected chi connectivity index (χ3v) is 5.68. The molecule has 1 heterocycles. The van der Waals surface area contributed by atoms with Gasteiger partial charge in [-0.15, -0.1) is 0 Å². The van der Waals surface area contributed by atoms with Gasteiger partial charge in [0.25, 0.3) is 5.69 Å². The van der Waals surface area contributed by atoms with Crippen LogP contribution in [0, 0.1) is 10.1 Å². The average molecular weight is 457 g/mol. The van der Waals surface area contributed by atoms with E-state index in [1.165, 1.54) is 6.07 Å². The largest absolute Gasteiger partial charge is 0.492 e. The van der Waals surface area contributed by atoms with Crippen LogP contribution in [-0.2, 0) is 16.1 Å². The second-order valence-electron chi connectivity index (χ2n) is 8.05. The quantitative estimate of drug-likeness (QED) is 0.373. The van der Waals surface area contributed by atoms with Crippen molar-refractivity contribution in [2.75, 3.05) is 45.3 Å². The lowest BCUT2D eigenvalue weighted by atomic mass is 10.1. The zero-order chi connectivity index (χ0) is 23.5. The Morgan fingerprint density at radius 3 is 2.79 bits per heavy atom. The summed E-state index contributed by atoms with van der Waals surface area (Å²) in [6, 6.07) is 14.6. The molecule has 0 unspecified atom stereocenters. The van der Waals surface area contributed by atoms with Crippen molar-refractivity contribution in [2.45, 2.75) is 31.8 Å². The zero-order valence-corrected chi connectivity index (χ0v) is 19.0. The molecule has 0 saturated carbocycles. The van der Waals surface area contributed by atoms with E-state index in [2.05, 4.69) is 22.6 Å². The molecule has 0 aromatic heterocycles. The van der Waals surface area contributed by atoms with E-state index in [0.717, 1.165) is 43.9 Å². The summed E-state index contributed by atoms with van der Waals surface area (Å²) in [7, 11) is 2.12. The van der Waals surface area contributed by atoms with Crippen molar-refractivity contribution in [3.8, 4) is 5.75 Å². The predicted molar refractivity (Wildman–Crippen MR) is 126 cm³/mol. The van der Waals surface area contributed by atoms with Gasteiger partial charge in [0.1, 0.15) is 18.0 Å². The van der Waals surface area contributed by atoms with E-state index in [-0.39, 0.29) is 18.0 Å². The lowest BCUT2D eigenvalue weighted by Gasteiger charge is -2.31. The highest BCUT2D eigenvalue weighted by atomic mass is 16.6. The number of carbonyl (C=O) groups is 1. The van der Waals surface area contributed by atoms with Gasteiger partial charge in [0.05, 0.1) is 4.92 Å². The molecule has 2 aromatic carbocycles. The number of nitrogens with one attached hydrogen (secondary N) is 2. The van der Waals surface area contributed by atoms with E-state index >= 15 is 0 Å². The molecule has 0 radical (unpaired) electrons. The molecule has 1 amide bonds. The SMILES string of the molecule is CN(CCOc1cccc(CNC(=O)CCNc2ccccc2[N+](=O)[O-])c1)C1CCOCC1. The first-order valence-electron chi connectivity index (χ1n) is 11.3. The van der Waals surface area contributed by atoms with Crippen molar-refractivity contribution < 1.29 is 19.2 Å². The summed E-state index contributed by atoms with van der Waals surface area (Å²) >= 11 is 0. The van der Waals surface area contributed by atoms with Gasteiger partial charge >= 0.3 is 0 Å². The fourth-order valence-electron chi connectivity index (χ4n) is 3.74. The van der Waals surface area contributed by atoms with Crippen molar-refractivity contribution in [3.63, 3.8) is 0 Å². The molecule has 3 rings (SSSR count). The minimum atomic E-state index is -0.444. The molecule has 9 nitrogen and oxygen atoms in total. The summed E-state index contributed by atoms with van der Waals surface area (Å²) in [5.74, 6) is 0.644. The molecule has 1 aliphatic heterocycles. The van der Waals surface area contributed by atoms with Crippen LogP contribution in [0.1, 0.15) is 24.8 Å². The van der Waals surface area contributed by atoms with E-state index < -0.39 is 4.92 Å². The van der Waals surface area contributed by atoms with Gasteiger partial charge in [-0.3, -0.25) is 19.8 Å². The van der Waals surface area contributed by atoms with Crippen LogP contribution in [0.15, 0.2) is 48.5 Å². The number of rotatable bonds is 12. The van der Waals surface area contributed by atoms with E-state index in [4.69, 9.17) is 9.47 Å². The van der Waals surface area contributed by atoms with Crippen LogP contribution >= 0.6 is 0 Å². The number of nitro benzene ring substituents is 1. The first-order chi connectivity index (χ1) is 16.0. The molecule has 178 valence electrons. The van der Waals surface area contributed by atoms with E-state index in [9.17, 15) is 14.9 Å². The normalized spacial score (nSPS) is 14.1. The number of benzene rings is 2. The van der Waals surface area contributed by atoms with Crippen LogP contribution in [-0.4, -0.2) is 61.7 Å². The van der Waals surface area contributed by atoms with Crippen LogP contribution in [0.3, 0.4) is 0 Å². The maximum atomic E-state index is 12.2. The van der Waals surface area contributed by atoms with Crippen molar-refractivity contribution in [1.29, 1.82) is 0 Å². The summed E-state index contributed by atoms with van der Waals surface area (Å²) in [6.45, 7) is 3.79. The van der Waals surface area contributed by atoms with Crippen LogP contribution in [0.5, 0.6) is 5.75 Å². The number of ether oxygens (including phenoxy) is 2. The van der Waals surface area contributed by atoms with Gasteiger partial charge in [0.15, 0.2) is 0 Å². The Kier molecular flexibility index (Phi) is 9.46. The Bertz CT molecular complexity index is 917. The van der Waals surface area contributed by atoms with Gasteiger partial charge in [-0.1, -0.05) is 24.3 Å². The Hall–Kier alpha value is -3.17. The van der Waals surface area contributed by atoms with Crippen molar-refractivity contribution in [3.05, 3.63) is 64.2 Å². The fraction of sp³-hybridized carbons (Fsp3) is 0.458. The van der Waals surface area contributed by atoms with Gasteiger partial charge in [-0.25, -0.2) is 0 Å². The number of para-hydroxylation sites is 2. The minimum Gasteiger partial charge on any atom is -0.492 e. The number of amides is 1. The van der Waals surface area contributed by atoms with E-state index in [0.29, 0.717) is 31.4 Å². The molecular weight excluding hydrogens is 424 g/mol. The topological polar surface area (TPSA) is 106 Å². The molecule has 0 bridgehead atoms. The molecule has 1 saturated heterocycles. The van der Waals surface area contributed by atoms with Gasteiger partial charge in [-0.05, 0) is 43.7 Å². The molecular formula is C24H32N4O5. The van der Waals surface area contributed by atoms with Gasteiger partial charge in [-0.2, -0.15) is 0 Å². The Balaban J connectivity index is 1.36. The monoisotopic (exact) mass is 456 g/mol. The molecule has 2 N–H and O–H groups in total. The van der Waals surface area contributed by atoms with Gasteiger partial charge < -0.3 is 20.1 Å². The number of hydrogen-bond donors (Lipinski definition) is 2. The maximum absolute atomic E-state index is 12.2. The zero-order valence-electron chi connectivity index (χ0n) is 19.0. The van der Waals surface area contributed by atoms with Crippen LogP contribution in [0.25, 0.3) is 0 Å². The summed E-state index contributed by atoms with van der Waals surface area (Å²) in [5.41, 5.74) is 1.35. The molecule has 9 heteroatoms. The fourth-order valence-corrected chi connectivity index (χ4v) is 3.74. The van der Waals surface area contributed by atoms with Crippen LogP contribution in [0.2, 0.25) is 0 Å². The molecule has 33 heavy (non-hydrogen) atoms. The lowest BCUT2D eigenvalue weighted by Crippen LogP contribution is -2.38. The first-order valence-corrected chi connectivity index (χ1v) is 11.3. The Morgan fingerprint density at radius 1 is 1.21 bits per heavy atom. The summed E-state index contributed by atoms with van der Waals surface area (Å²) < 4.78 is 11.3. The average Bonchev–Trinajstić information content (AvgIpc) is 2.84. The number of carbonyl (C=O) groups excluding carboxylic acids is 1. The van der Waals surface area contributed by atoms with Crippen molar-refractivity contribution in [1.82, 2.24) is 10.2 Å². The second-order valence-corrected chi connectivity index (χ2v) is 8.05. The van der Waals surface area contributed by atoms with Crippen molar-refractivity contribution in [2.24, 2.45) is 0 Å². The van der Waals surface area contributed by atoms with E-state index in [1.807, 2.05) is 24.3 Å². The molecule has 0 aliphatic carbocycles. The molecule has 2 aromatic rings. The number of anilines is 1. The van der Waals surface area contributed by atoms with Gasteiger partial charge in [0, 0.05) is 51.4 Å². The number of hydrogen-bond acceptors (Lipinski definition) is 7. The Morgan fingerprint density at radius 2 is 2.00 bits per heavy atom. The number of nitrogens with zero attached hydrogens (tertiary/aromatic N) is 2. The second kappa shape index (κ2) is 12.8. The van der Waals surface area contributed by atoms with E-state index in [1.54, 1.807) is 18.2 Å². The molecule has 1 fully saturated rings. The van der Waals surface area contributed by atoms with Gasteiger partial charge in [0.2, 0.25) is 5.91 Å². The maximum Gasteiger partial charge on any atom is 0.292 e. The van der Waals surface area contributed by atoms with Crippen LogP contribution in [0.4, 0.5) is 11.4 Å². The standard InChI is InChI=1S/C24H32N4O5/c1-27(20-10-14-32-15-11-20)13-16-33-21-6-4-5-19(17-21)18-26-24(29)9-12-25-22-7-2-3-8-23(22)28(30)31/h2-8,17,20,25H,9-16,18H2,1H3,(H,26,29). The smallest absolute Gasteiger partial charge is 0.292 e. The number of nitro groups is 1. The highest BCUT2D eigenvalue weighted by Crippen LogP contribution is 2.23. The predicted octanol–water partition coefficient (Wildman–Crippen LogP) is 3.20. The van der Waals surface area contributed by atoms with Crippen molar-refractivity contribution >= 4 is 17.3 Å². The first kappa shape index (κ1) is 24.5. The highest BCUT2D eigenvalue weighted by molar-refractivity contribution is 5.76. The summed E-state index contributed by atoms with van der Waals surface area (Å²) in [4.78, 5) is 25.1. The summed E-state index contributed by atoms with van der Waals surface area (Å²) in [6.07, 6.45) is 2.33. The number of likely N-dealkylation sites (N-methyl/N-ethyl adjacent to an activating group) is 1. The van der Waals surface area contributed by atoms with Crippen LogP contribution < -0.4 is 15.4 Å². The molecule has 1 aliphatic rings. The highest BCUT2D eigenvalue weighted by Gasteiger charge is 2.18. The third kappa shape index (κ3) is 8.03. The molecule has 0 spiro atoms. The molecule has 0 atom stereocenters. The summed E-state index contributed by atoms with van der Waals surface area (Å²) in [5, 5.41) is 16.9. The lowest BCUT2D eigenvalue weighted by molar-refractivity contribution is -0.384. The third-order valence-electron chi connectivity index (χ3n) is 5.68. The minimum absolute atomic E-state index is 0.00586. The Labute approximate surface area is 194 Å².